The lowest BCUT2D eigenvalue weighted by atomic mass is 10.2. The Labute approximate surface area is 119 Å². The molecule has 0 saturated heterocycles. The largest absolute Gasteiger partial charge is 0.444 e. The van der Waals surface area contributed by atoms with Crippen LogP contribution < -0.4 is 0 Å². The molecule has 0 radical (unpaired) electrons. The van der Waals surface area contributed by atoms with E-state index in [1.54, 1.807) is 6.07 Å². The fourth-order valence-electron chi connectivity index (χ4n) is 1.45. The maximum absolute atomic E-state index is 12.0. The predicted octanol–water partition coefficient (Wildman–Crippen LogP) is 3.71. The average molecular weight is 280 g/mol. The summed E-state index contributed by atoms with van der Waals surface area (Å²) in [7, 11) is 0. The molecule has 0 bridgehead atoms. The number of hydrogen-bond acceptors (Lipinski definition) is 2. The van der Waals surface area contributed by atoms with E-state index in [9.17, 15) is 4.79 Å². The van der Waals surface area contributed by atoms with E-state index in [-0.39, 0.29) is 6.54 Å². The minimum atomic E-state index is -0.551. The molecule has 102 valence electrons. The minimum Gasteiger partial charge on any atom is -0.444 e. The average Bonchev–Trinajstić information content (AvgIpc) is 2.29. The number of amides is 1. The molecule has 0 atom stereocenters. The lowest BCUT2D eigenvalue weighted by Gasteiger charge is -2.26. The van der Waals surface area contributed by atoms with E-state index in [4.69, 9.17) is 22.8 Å². The third-order valence-electron chi connectivity index (χ3n) is 2.25. The zero-order chi connectivity index (χ0) is 14.5. The van der Waals surface area contributed by atoms with Gasteiger partial charge < -0.3 is 4.74 Å². The number of terminal acetylenes is 1. The van der Waals surface area contributed by atoms with E-state index in [2.05, 4.69) is 5.92 Å². The zero-order valence-electron chi connectivity index (χ0n) is 11.4. The van der Waals surface area contributed by atoms with Crippen LogP contribution in [0.15, 0.2) is 24.3 Å². The molecule has 0 aliphatic heterocycles. The van der Waals surface area contributed by atoms with Crippen molar-refractivity contribution in [3.63, 3.8) is 0 Å². The molecular weight excluding hydrogens is 262 g/mol. The van der Waals surface area contributed by atoms with Gasteiger partial charge in [0.2, 0.25) is 0 Å². The molecule has 0 aromatic heterocycles. The van der Waals surface area contributed by atoms with Crippen molar-refractivity contribution < 1.29 is 9.53 Å². The lowest BCUT2D eigenvalue weighted by Crippen LogP contribution is -2.36. The molecular formula is C15H18ClNO2. The Kier molecular flexibility index (Phi) is 5.26. The van der Waals surface area contributed by atoms with Gasteiger partial charge in [-0.1, -0.05) is 35.7 Å². The fourth-order valence-corrected chi connectivity index (χ4v) is 1.65. The van der Waals surface area contributed by atoms with E-state index in [1.165, 1.54) is 4.90 Å². The summed E-state index contributed by atoms with van der Waals surface area (Å²) in [4.78, 5) is 13.5. The standard InChI is InChI=1S/C15H18ClNO2/c1-5-10-17(14(18)19-15(2,3)4)11-12-8-6-7-9-13(12)16/h1,6-9H,10-11H2,2-4H3. The molecule has 19 heavy (non-hydrogen) atoms. The van der Waals surface area contributed by atoms with E-state index in [0.717, 1.165) is 5.56 Å². The van der Waals surface area contributed by atoms with Crippen molar-refractivity contribution >= 4 is 17.7 Å². The molecule has 3 nitrogen and oxygen atoms in total. The smallest absolute Gasteiger partial charge is 0.411 e. The van der Waals surface area contributed by atoms with Gasteiger partial charge in [-0.2, -0.15) is 0 Å². The third kappa shape index (κ3) is 5.23. The quantitative estimate of drug-likeness (QED) is 0.790. The van der Waals surface area contributed by atoms with Gasteiger partial charge in [0.15, 0.2) is 0 Å². The molecule has 0 heterocycles. The zero-order valence-corrected chi connectivity index (χ0v) is 12.2. The van der Waals surface area contributed by atoms with Crippen molar-refractivity contribution in [2.75, 3.05) is 6.54 Å². The summed E-state index contributed by atoms with van der Waals surface area (Å²) in [5.41, 5.74) is 0.287. The molecule has 0 fully saturated rings. The molecule has 0 spiro atoms. The summed E-state index contributed by atoms with van der Waals surface area (Å²) in [6, 6.07) is 7.34. The Balaban J connectivity index is 2.82. The van der Waals surface area contributed by atoms with Gasteiger partial charge in [-0.3, -0.25) is 4.90 Å². The highest BCUT2D eigenvalue weighted by molar-refractivity contribution is 6.31. The van der Waals surface area contributed by atoms with Gasteiger partial charge in [-0.15, -0.1) is 6.42 Å². The minimum absolute atomic E-state index is 0.181. The number of rotatable bonds is 3. The number of carbonyl (C=O) groups excluding carboxylic acids is 1. The highest BCUT2D eigenvalue weighted by Crippen LogP contribution is 2.18. The number of halogens is 1. The number of nitrogens with zero attached hydrogens (tertiary/aromatic N) is 1. The lowest BCUT2D eigenvalue weighted by molar-refractivity contribution is 0.0260. The molecule has 0 aliphatic carbocycles. The van der Waals surface area contributed by atoms with Crippen molar-refractivity contribution in [3.05, 3.63) is 34.9 Å². The van der Waals surface area contributed by atoms with Crippen LogP contribution in [-0.4, -0.2) is 23.1 Å². The highest BCUT2D eigenvalue weighted by Gasteiger charge is 2.22. The van der Waals surface area contributed by atoms with E-state index in [1.807, 2.05) is 39.0 Å². The first-order chi connectivity index (χ1) is 8.83. The summed E-state index contributed by atoms with van der Waals surface area (Å²) in [6.45, 7) is 5.95. The molecule has 0 N–H and O–H groups in total. The predicted molar refractivity (Wildman–Crippen MR) is 76.9 cm³/mol. The van der Waals surface area contributed by atoms with Crippen molar-refractivity contribution in [2.24, 2.45) is 0 Å². The number of hydrogen-bond donors (Lipinski definition) is 0. The Hall–Kier alpha value is -1.66. The van der Waals surface area contributed by atoms with Crippen LogP contribution in [0.5, 0.6) is 0 Å². The Bertz CT molecular complexity index is 486. The second-order valence-electron chi connectivity index (χ2n) is 5.13. The van der Waals surface area contributed by atoms with E-state index < -0.39 is 11.7 Å². The summed E-state index contributed by atoms with van der Waals surface area (Å²) < 4.78 is 5.31. The number of benzene rings is 1. The Morgan fingerprint density at radius 1 is 1.42 bits per heavy atom. The van der Waals surface area contributed by atoms with Gasteiger partial charge in [-0.25, -0.2) is 4.79 Å². The van der Waals surface area contributed by atoms with E-state index >= 15 is 0 Å². The van der Waals surface area contributed by atoms with Crippen LogP contribution in [0.1, 0.15) is 26.3 Å². The van der Waals surface area contributed by atoms with Gasteiger partial charge in [0.05, 0.1) is 13.1 Å². The van der Waals surface area contributed by atoms with Crippen LogP contribution in [0, 0.1) is 12.3 Å². The van der Waals surface area contributed by atoms with Crippen molar-refractivity contribution in [1.29, 1.82) is 0 Å². The molecule has 0 saturated carbocycles. The number of carbonyl (C=O) groups is 1. The van der Waals surface area contributed by atoms with Crippen molar-refractivity contribution in [3.8, 4) is 12.3 Å². The SMILES string of the molecule is C#CCN(Cc1ccccc1Cl)C(=O)OC(C)(C)C. The first-order valence-corrected chi connectivity index (χ1v) is 6.36. The van der Waals surface area contributed by atoms with Gasteiger partial charge in [0, 0.05) is 5.02 Å². The topological polar surface area (TPSA) is 29.5 Å². The van der Waals surface area contributed by atoms with Crippen molar-refractivity contribution in [1.82, 2.24) is 4.90 Å². The second kappa shape index (κ2) is 6.49. The fraction of sp³-hybridized carbons (Fsp3) is 0.400. The molecule has 1 rings (SSSR count). The highest BCUT2D eigenvalue weighted by atomic mass is 35.5. The molecule has 4 heteroatoms. The van der Waals surface area contributed by atoms with Crippen LogP contribution in [0.25, 0.3) is 0 Å². The molecule has 1 amide bonds. The summed E-state index contributed by atoms with van der Waals surface area (Å²) in [5.74, 6) is 2.46. The van der Waals surface area contributed by atoms with Crippen LogP contribution >= 0.6 is 11.6 Å². The maximum atomic E-state index is 12.0. The van der Waals surface area contributed by atoms with Crippen LogP contribution in [0.3, 0.4) is 0 Å². The number of ether oxygens (including phenoxy) is 1. The summed E-state index contributed by atoms with van der Waals surface area (Å²) in [5, 5.41) is 0.605. The van der Waals surface area contributed by atoms with Gasteiger partial charge in [-0.05, 0) is 32.4 Å². The van der Waals surface area contributed by atoms with Crippen LogP contribution in [0.2, 0.25) is 5.02 Å². The molecule has 0 aliphatic rings. The van der Waals surface area contributed by atoms with Crippen molar-refractivity contribution in [2.45, 2.75) is 32.9 Å². The summed E-state index contributed by atoms with van der Waals surface area (Å²) in [6.07, 6.45) is 4.85. The molecule has 1 aromatic carbocycles. The first-order valence-electron chi connectivity index (χ1n) is 5.98. The first kappa shape index (κ1) is 15.4. The van der Waals surface area contributed by atoms with Gasteiger partial charge >= 0.3 is 6.09 Å². The van der Waals surface area contributed by atoms with Crippen LogP contribution in [-0.2, 0) is 11.3 Å². The molecule has 1 aromatic rings. The van der Waals surface area contributed by atoms with Crippen LogP contribution in [0.4, 0.5) is 4.79 Å². The molecule has 0 unspecified atom stereocenters. The monoisotopic (exact) mass is 279 g/mol. The maximum Gasteiger partial charge on any atom is 0.411 e. The summed E-state index contributed by atoms with van der Waals surface area (Å²) >= 11 is 6.08. The Morgan fingerprint density at radius 3 is 2.58 bits per heavy atom. The normalized spacial score (nSPS) is 10.7. The van der Waals surface area contributed by atoms with Gasteiger partial charge in [0.1, 0.15) is 5.60 Å². The third-order valence-corrected chi connectivity index (χ3v) is 2.62. The van der Waals surface area contributed by atoms with E-state index in [0.29, 0.717) is 11.6 Å². The Morgan fingerprint density at radius 2 is 2.05 bits per heavy atom. The van der Waals surface area contributed by atoms with Gasteiger partial charge in [0.25, 0.3) is 0 Å². The second-order valence-corrected chi connectivity index (χ2v) is 5.54.